The molecule has 1 amide bonds. The van der Waals surface area contributed by atoms with Gasteiger partial charge in [0.05, 0.1) is 5.69 Å². The van der Waals surface area contributed by atoms with Crippen molar-refractivity contribution in [1.82, 2.24) is 10.5 Å². The van der Waals surface area contributed by atoms with Crippen molar-refractivity contribution in [2.45, 2.75) is 27.4 Å². The van der Waals surface area contributed by atoms with Gasteiger partial charge in [-0.05, 0) is 56.2 Å². The van der Waals surface area contributed by atoms with Gasteiger partial charge in [-0.2, -0.15) is 0 Å². The zero-order valence-corrected chi connectivity index (χ0v) is 12.2. The summed E-state index contributed by atoms with van der Waals surface area (Å²) in [5.41, 5.74) is 5.17. The fourth-order valence-electron chi connectivity index (χ4n) is 1.99. The van der Waals surface area contributed by atoms with Crippen molar-refractivity contribution in [2.24, 2.45) is 0 Å². The number of carbonyl (C=O) groups is 1. The van der Waals surface area contributed by atoms with Crippen LogP contribution in [0, 0.1) is 26.6 Å². The maximum absolute atomic E-state index is 13.5. The number of hydrogen-bond donors (Lipinski definition) is 1. The van der Waals surface area contributed by atoms with Gasteiger partial charge < -0.3 is 0 Å². The molecule has 0 saturated carbocycles. The lowest BCUT2D eigenvalue weighted by atomic mass is 10.1. The van der Waals surface area contributed by atoms with Gasteiger partial charge in [0.25, 0.3) is 5.91 Å². The first-order valence-corrected chi connectivity index (χ1v) is 6.59. The molecule has 5 heteroatoms. The molecule has 0 aliphatic rings. The summed E-state index contributed by atoms with van der Waals surface area (Å²) in [5.74, 6) is -0.703. The van der Waals surface area contributed by atoms with Crippen LogP contribution < -0.4 is 5.48 Å². The Bertz CT molecular complexity index is 648. The molecule has 21 heavy (non-hydrogen) atoms. The number of pyridine rings is 1. The summed E-state index contributed by atoms with van der Waals surface area (Å²) in [4.78, 5) is 21.3. The molecule has 2 rings (SSSR count). The zero-order valence-electron chi connectivity index (χ0n) is 12.2. The summed E-state index contributed by atoms with van der Waals surface area (Å²) < 4.78 is 13.5. The van der Waals surface area contributed by atoms with Gasteiger partial charge in [0.1, 0.15) is 12.4 Å². The van der Waals surface area contributed by atoms with Crippen LogP contribution in [-0.4, -0.2) is 10.9 Å². The number of hydroxylamine groups is 1. The number of benzene rings is 1. The molecule has 1 aromatic heterocycles. The minimum atomic E-state index is -0.408. The third-order valence-corrected chi connectivity index (χ3v) is 3.03. The number of aryl methyl sites for hydroxylation is 3. The Hall–Kier alpha value is -2.27. The number of halogens is 1. The monoisotopic (exact) mass is 288 g/mol. The number of carbonyl (C=O) groups excluding carboxylic acids is 1. The van der Waals surface area contributed by atoms with Gasteiger partial charge in [-0.1, -0.05) is 6.07 Å². The highest BCUT2D eigenvalue weighted by molar-refractivity contribution is 5.93. The smallest absolute Gasteiger partial charge is 0.267 e. The van der Waals surface area contributed by atoms with Gasteiger partial charge in [-0.25, -0.2) is 9.87 Å². The molecule has 0 aliphatic heterocycles. The third-order valence-electron chi connectivity index (χ3n) is 3.03. The lowest BCUT2D eigenvalue weighted by Gasteiger charge is -2.08. The van der Waals surface area contributed by atoms with E-state index in [4.69, 9.17) is 4.84 Å². The second-order valence-electron chi connectivity index (χ2n) is 4.91. The average Bonchev–Trinajstić information content (AvgIpc) is 2.44. The predicted octanol–water partition coefficient (Wildman–Crippen LogP) is 3.01. The highest BCUT2D eigenvalue weighted by Crippen LogP contribution is 2.14. The van der Waals surface area contributed by atoms with Crippen molar-refractivity contribution >= 4 is 5.91 Å². The molecule has 1 N–H and O–H groups in total. The third kappa shape index (κ3) is 3.86. The fraction of sp³-hybridized carbons (Fsp3) is 0.250. The van der Waals surface area contributed by atoms with Crippen LogP contribution in [0.15, 0.2) is 30.3 Å². The van der Waals surface area contributed by atoms with E-state index in [1.807, 2.05) is 25.1 Å². The molecule has 0 fully saturated rings. The maximum atomic E-state index is 13.5. The summed E-state index contributed by atoms with van der Waals surface area (Å²) in [6, 6.07) is 8.55. The molecule has 110 valence electrons. The highest BCUT2D eigenvalue weighted by Gasteiger charge is 2.10. The molecule has 2 aromatic rings. The Morgan fingerprint density at radius 3 is 2.52 bits per heavy atom. The summed E-state index contributed by atoms with van der Waals surface area (Å²) >= 11 is 0. The van der Waals surface area contributed by atoms with Crippen molar-refractivity contribution in [3.05, 3.63) is 64.2 Å². The van der Waals surface area contributed by atoms with Gasteiger partial charge >= 0.3 is 0 Å². The molecular formula is C16H17FN2O2. The molecule has 0 saturated heterocycles. The van der Waals surface area contributed by atoms with Crippen molar-refractivity contribution in [1.29, 1.82) is 0 Å². The summed E-state index contributed by atoms with van der Waals surface area (Å²) in [6.07, 6.45) is 0. The Balaban J connectivity index is 1.96. The van der Waals surface area contributed by atoms with Crippen molar-refractivity contribution in [2.75, 3.05) is 0 Å². The molecule has 0 atom stereocenters. The van der Waals surface area contributed by atoms with Crippen molar-refractivity contribution in [3.63, 3.8) is 0 Å². The van der Waals surface area contributed by atoms with Crippen LogP contribution in [-0.2, 0) is 11.4 Å². The normalized spacial score (nSPS) is 10.5. The van der Waals surface area contributed by atoms with Crippen LogP contribution in [0.4, 0.5) is 4.39 Å². The molecule has 0 aliphatic carbocycles. The van der Waals surface area contributed by atoms with E-state index in [0.717, 1.165) is 11.4 Å². The molecule has 0 unspecified atom stereocenters. The standard InChI is InChI=1S/C16H17FN2O2/c1-10-7-13(8-11(2)15(10)17)16(20)19-21-9-14-6-4-5-12(3)18-14/h4-8H,9H2,1-3H3,(H,19,20). The topological polar surface area (TPSA) is 51.2 Å². The van der Waals surface area contributed by atoms with Crippen LogP contribution >= 0.6 is 0 Å². The van der Waals surface area contributed by atoms with E-state index in [1.54, 1.807) is 13.8 Å². The van der Waals surface area contributed by atoms with Gasteiger partial charge in [-0.3, -0.25) is 14.6 Å². The number of aromatic nitrogens is 1. The van der Waals surface area contributed by atoms with E-state index in [1.165, 1.54) is 12.1 Å². The van der Waals surface area contributed by atoms with Crippen molar-refractivity contribution in [3.8, 4) is 0 Å². The first kappa shape index (κ1) is 15.1. The Morgan fingerprint density at radius 2 is 1.90 bits per heavy atom. The molecule has 4 nitrogen and oxygen atoms in total. The van der Waals surface area contributed by atoms with Crippen LogP contribution in [0.5, 0.6) is 0 Å². The van der Waals surface area contributed by atoms with Gasteiger partial charge in [0, 0.05) is 11.3 Å². The van der Waals surface area contributed by atoms with Crippen LogP contribution in [0.3, 0.4) is 0 Å². The maximum Gasteiger partial charge on any atom is 0.274 e. The summed E-state index contributed by atoms with van der Waals surface area (Å²) in [5, 5.41) is 0. The van der Waals surface area contributed by atoms with E-state index in [0.29, 0.717) is 16.7 Å². The first-order chi connectivity index (χ1) is 9.97. The van der Waals surface area contributed by atoms with Gasteiger partial charge in [-0.15, -0.1) is 0 Å². The molecule has 1 aromatic carbocycles. The fourth-order valence-corrected chi connectivity index (χ4v) is 1.99. The SMILES string of the molecule is Cc1cccc(CONC(=O)c2cc(C)c(F)c(C)c2)n1. The minimum absolute atomic E-state index is 0.173. The van der Waals surface area contributed by atoms with E-state index >= 15 is 0 Å². The number of amides is 1. The van der Waals surface area contributed by atoms with Crippen LogP contribution in [0.1, 0.15) is 32.9 Å². The van der Waals surface area contributed by atoms with Crippen LogP contribution in [0.2, 0.25) is 0 Å². The number of nitrogens with zero attached hydrogens (tertiary/aromatic N) is 1. The lowest BCUT2D eigenvalue weighted by molar-refractivity contribution is 0.0221. The highest BCUT2D eigenvalue weighted by atomic mass is 19.1. The van der Waals surface area contributed by atoms with Crippen molar-refractivity contribution < 1.29 is 14.0 Å². The Kier molecular flexibility index (Phi) is 4.65. The zero-order chi connectivity index (χ0) is 15.4. The first-order valence-electron chi connectivity index (χ1n) is 6.59. The number of nitrogens with one attached hydrogen (secondary N) is 1. The van der Waals surface area contributed by atoms with E-state index in [-0.39, 0.29) is 12.4 Å². The second-order valence-corrected chi connectivity index (χ2v) is 4.91. The van der Waals surface area contributed by atoms with E-state index in [2.05, 4.69) is 10.5 Å². The van der Waals surface area contributed by atoms with Gasteiger partial charge in [0.15, 0.2) is 0 Å². The Labute approximate surface area is 122 Å². The summed E-state index contributed by atoms with van der Waals surface area (Å²) in [7, 11) is 0. The molecule has 0 spiro atoms. The average molecular weight is 288 g/mol. The lowest BCUT2D eigenvalue weighted by Crippen LogP contribution is -2.24. The summed E-state index contributed by atoms with van der Waals surface area (Å²) in [6.45, 7) is 5.30. The molecule has 1 heterocycles. The minimum Gasteiger partial charge on any atom is -0.267 e. The quantitative estimate of drug-likeness (QED) is 0.880. The van der Waals surface area contributed by atoms with Gasteiger partial charge in [0.2, 0.25) is 0 Å². The van der Waals surface area contributed by atoms with E-state index in [9.17, 15) is 9.18 Å². The number of rotatable bonds is 4. The second kappa shape index (κ2) is 6.45. The predicted molar refractivity (Wildman–Crippen MR) is 77.1 cm³/mol. The molecule has 0 radical (unpaired) electrons. The Morgan fingerprint density at radius 1 is 1.24 bits per heavy atom. The molecular weight excluding hydrogens is 271 g/mol. The number of hydrogen-bond acceptors (Lipinski definition) is 3. The van der Waals surface area contributed by atoms with E-state index < -0.39 is 5.91 Å². The van der Waals surface area contributed by atoms with Crippen LogP contribution in [0.25, 0.3) is 0 Å². The molecule has 0 bridgehead atoms. The largest absolute Gasteiger partial charge is 0.274 e.